The molecule has 0 heterocycles. The third kappa shape index (κ3) is 3.49. The number of amides is 2. The molecule has 1 saturated carbocycles. The van der Waals surface area contributed by atoms with Gasteiger partial charge in [-0.25, -0.2) is 8.78 Å². The third-order valence-electron chi connectivity index (χ3n) is 4.23. The Hall–Kier alpha value is -2.47. The van der Waals surface area contributed by atoms with Crippen LogP contribution in [-0.4, -0.2) is 11.8 Å². The van der Waals surface area contributed by atoms with E-state index in [1.54, 1.807) is 25.1 Å². The molecule has 0 atom stereocenters. The first-order chi connectivity index (χ1) is 11.8. The summed E-state index contributed by atoms with van der Waals surface area (Å²) in [4.78, 5) is 25.0. The van der Waals surface area contributed by atoms with Crippen molar-refractivity contribution in [3.63, 3.8) is 0 Å². The highest BCUT2D eigenvalue weighted by atomic mass is 35.5. The highest BCUT2D eigenvalue weighted by Crippen LogP contribution is 2.47. The summed E-state index contributed by atoms with van der Waals surface area (Å²) in [5.41, 5.74) is 0.251. The molecule has 0 unspecified atom stereocenters. The van der Waals surface area contributed by atoms with Crippen molar-refractivity contribution in [2.24, 2.45) is 5.41 Å². The first-order valence-electron chi connectivity index (χ1n) is 7.66. The largest absolute Gasteiger partial charge is 0.325 e. The summed E-state index contributed by atoms with van der Waals surface area (Å²) in [5, 5.41) is 5.76. The lowest BCUT2D eigenvalue weighted by Gasteiger charge is -2.16. The van der Waals surface area contributed by atoms with Crippen LogP contribution in [0, 0.1) is 24.0 Å². The fraction of sp³-hybridized carbons (Fsp3) is 0.222. The molecular weight excluding hydrogens is 350 g/mol. The van der Waals surface area contributed by atoms with Gasteiger partial charge in [-0.1, -0.05) is 11.6 Å². The van der Waals surface area contributed by atoms with E-state index in [1.807, 2.05) is 0 Å². The fourth-order valence-corrected chi connectivity index (χ4v) is 2.74. The zero-order valence-electron chi connectivity index (χ0n) is 13.3. The molecule has 0 aliphatic heterocycles. The van der Waals surface area contributed by atoms with Crippen LogP contribution in [0.3, 0.4) is 0 Å². The standard InChI is InChI=1S/C18H15ClF2N2O2/c1-10-8-11(19)2-5-15(10)23-17(25)18(6-7-18)16(24)22-12-3-4-13(20)14(21)9-12/h2-5,8-9H,6-7H2,1H3,(H,22,24)(H,23,25). The Morgan fingerprint density at radius 3 is 2.28 bits per heavy atom. The van der Waals surface area contributed by atoms with Crippen molar-refractivity contribution in [3.05, 3.63) is 58.6 Å². The Kier molecular flexibility index (Phi) is 4.47. The van der Waals surface area contributed by atoms with Crippen molar-refractivity contribution in [3.8, 4) is 0 Å². The van der Waals surface area contributed by atoms with Crippen molar-refractivity contribution in [2.75, 3.05) is 10.6 Å². The summed E-state index contributed by atoms with van der Waals surface area (Å²) in [5.74, 6) is -3.04. The SMILES string of the molecule is Cc1cc(Cl)ccc1NC(=O)C1(C(=O)Nc2ccc(F)c(F)c2)CC1. The quantitative estimate of drug-likeness (QED) is 0.795. The molecule has 0 radical (unpaired) electrons. The van der Waals surface area contributed by atoms with Crippen LogP contribution in [0.4, 0.5) is 20.2 Å². The number of anilines is 2. The average molecular weight is 365 g/mol. The minimum atomic E-state index is -1.20. The molecule has 2 N–H and O–H groups in total. The third-order valence-corrected chi connectivity index (χ3v) is 4.47. The molecule has 1 fully saturated rings. The molecule has 7 heteroatoms. The monoisotopic (exact) mass is 364 g/mol. The normalized spacial score (nSPS) is 14.7. The van der Waals surface area contributed by atoms with Gasteiger partial charge in [0.25, 0.3) is 0 Å². The number of hydrogen-bond acceptors (Lipinski definition) is 2. The zero-order chi connectivity index (χ0) is 18.2. The minimum Gasteiger partial charge on any atom is -0.325 e. The molecule has 3 rings (SSSR count). The number of halogens is 3. The van der Waals surface area contributed by atoms with Crippen molar-refractivity contribution in [1.82, 2.24) is 0 Å². The number of carbonyl (C=O) groups excluding carboxylic acids is 2. The lowest BCUT2D eigenvalue weighted by molar-refractivity contribution is -0.131. The van der Waals surface area contributed by atoms with Crippen molar-refractivity contribution >= 4 is 34.8 Å². The molecule has 1 aliphatic carbocycles. The summed E-state index contributed by atoms with van der Waals surface area (Å²) in [6, 6.07) is 8.06. The van der Waals surface area contributed by atoms with Gasteiger partial charge in [0.05, 0.1) is 0 Å². The van der Waals surface area contributed by atoms with Gasteiger partial charge in [0.2, 0.25) is 11.8 Å². The number of aryl methyl sites for hydroxylation is 1. The van der Waals surface area contributed by atoms with E-state index in [2.05, 4.69) is 10.6 Å². The summed E-state index contributed by atoms with van der Waals surface area (Å²) in [7, 11) is 0. The van der Waals surface area contributed by atoms with Crippen LogP contribution in [0.2, 0.25) is 5.02 Å². The van der Waals surface area contributed by atoms with E-state index in [-0.39, 0.29) is 5.69 Å². The Bertz CT molecular complexity index is 866. The van der Waals surface area contributed by atoms with Crippen LogP contribution >= 0.6 is 11.6 Å². The molecule has 0 spiro atoms. The summed E-state index contributed by atoms with van der Waals surface area (Å²) in [6.45, 7) is 1.79. The molecule has 25 heavy (non-hydrogen) atoms. The maximum Gasteiger partial charge on any atom is 0.240 e. The summed E-state index contributed by atoms with van der Waals surface area (Å²) >= 11 is 5.89. The predicted octanol–water partition coefficient (Wildman–Crippen LogP) is 4.28. The van der Waals surface area contributed by atoms with Crippen LogP contribution in [0.5, 0.6) is 0 Å². The number of rotatable bonds is 4. The molecule has 0 bridgehead atoms. The average Bonchev–Trinajstić information content (AvgIpc) is 3.35. The van der Waals surface area contributed by atoms with Gasteiger partial charge in [-0.15, -0.1) is 0 Å². The zero-order valence-corrected chi connectivity index (χ0v) is 14.1. The van der Waals surface area contributed by atoms with E-state index in [0.29, 0.717) is 23.6 Å². The van der Waals surface area contributed by atoms with Crippen molar-refractivity contribution in [2.45, 2.75) is 19.8 Å². The smallest absolute Gasteiger partial charge is 0.240 e. The molecule has 2 aromatic carbocycles. The second kappa shape index (κ2) is 6.44. The highest BCUT2D eigenvalue weighted by molar-refractivity contribution is 6.30. The van der Waals surface area contributed by atoms with Crippen LogP contribution in [0.1, 0.15) is 18.4 Å². The highest BCUT2D eigenvalue weighted by Gasteiger charge is 2.56. The van der Waals surface area contributed by atoms with Gasteiger partial charge in [-0.3, -0.25) is 9.59 Å². The lowest BCUT2D eigenvalue weighted by Crippen LogP contribution is -2.35. The minimum absolute atomic E-state index is 0.102. The van der Waals surface area contributed by atoms with Crippen molar-refractivity contribution in [1.29, 1.82) is 0 Å². The Balaban J connectivity index is 1.73. The number of nitrogens with one attached hydrogen (secondary N) is 2. The first-order valence-corrected chi connectivity index (χ1v) is 8.04. The van der Waals surface area contributed by atoms with E-state index < -0.39 is 28.9 Å². The van der Waals surface area contributed by atoms with Crippen LogP contribution < -0.4 is 10.6 Å². The Morgan fingerprint density at radius 2 is 1.68 bits per heavy atom. The van der Waals surface area contributed by atoms with E-state index in [0.717, 1.165) is 17.7 Å². The fourth-order valence-electron chi connectivity index (χ4n) is 2.52. The van der Waals surface area contributed by atoms with Crippen LogP contribution in [-0.2, 0) is 9.59 Å². The van der Waals surface area contributed by atoms with Gasteiger partial charge in [-0.2, -0.15) is 0 Å². The second-order valence-electron chi connectivity index (χ2n) is 6.08. The van der Waals surface area contributed by atoms with Gasteiger partial charge in [0.15, 0.2) is 11.6 Å². The molecule has 2 amide bonds. The maximum atomic E-state index is 13.2. The molecule has 0 saturated heterocycles. The molecule has 1 aliphatic rings. The number of hydrogen-bond donors (Lipinski definition) is 2. The first kappa shape index (κ1) is 17.4. The second-order valence-corrected chi connectivity index (χ2v) is 6.51. The Morgan fingerprint density at radius 1 is 1.00 bits per heavy atom. The lowest BCUT2D eigenvalue weighted by atomic mass is 10.0. The van der Waals surface area contributed by atoms with Crippen LogP contribution in [0.25, 0.3) is 0 Å². The van der Waals surface area contributed by atoms with Gasteiger partial charge >= 0.3 is 0 Å². The van der Waals surface area contributed by atoms with E-state index in [4.69, 9.17) is 11.6 Å². The summed E-state index contributed by atoms with van der Waals surface area (Å²) < 4.78 is 26.2. The van der Waals surface area contributed by atoms with Crippen LogP contribution in [0.15, 0.2) is 36.4 Å². The molecule has 130 valence electrons. The molecular formula is C18H15ClF2N2O2. The summed E-state index contributed by atoms with van der Waals surface area (Å²) in [6.07, 6.45) is 0.780. The topological polar surface area (TPSA) is 58.2 Å². The van der Waals surface area contributed by atoms with E-state index in [1.165, 1.54) is 6.07 Å². The van der Waals surface area contributed by atoms with Gasteiger partial charge in [0, 0.05) is 22.5 Å². The molecule has 2 aromatic rings. The Labute approximate surface area is 148 Å². The van der Waals surface area contributed by atoms with Gasteiger partial charge in [0.1, 0.15) is 5.41 Å². The van der Waals surface area contributed by atoms with E-state index >= 15 is 0 Å². The van der Waals surface area contributed by atoms with Gasteiger partial charge in [-0.05, 0) is 55.7 Å². The van der Waals surface area contributed by atoms with E-state index in [9.17, 15) is 18.4 Å². The maximum absolute atomic E-state index is 13.2. The van der Waals surface area contributed by atoms with Crippen molar-refractivity contribution < 1.29 is 18.4 Å². The van der Waals surface area contributed by atoms with Gasteiger partial charge < -0.3 is 10.6 Å². The predicted molar refractivity (Wildman–Crippen MR) is 91.5 cm³/mol. The molecule has 4 nitrogen and oxygen atoms in total. The number of benzene rings is 2. The molecule has 0 aromatic heterocycles. The number of carbonyl (C=O) groups is 2.